The first-order valence-electron chi connectivity index (χ1n) is 7.17. The van der Waals surface area contributed by atoms with Crippen molar-refractivity contribution in [3.05, 3.63) is 48.4 Å². The van der Waals surface area contributed by atoms with Gasteiger partial charge in [0.1, 0.15) is 5.82 Å². The second-order valence-electron chi connectivity index (χ2n) is 4.47. The minimum Gasteiger partial charge on any atom is -0.372 e. The Balaban J connectivity index is 0.000000924. The standard InChI is InChI=1S/C14H11F3N4.C2H6/c1-18-12-8-21-11(6-20-13(21)7-19-12)9-2-4-10(5-3-9)14(15,16)17;1-2/h2-8,18H,1H3;1-2H3. The predicted octanol–water partition coefficient (Wildman–Crippen LogP) is 4.48. The van der Waals surface area contributed by atoms with Crippen molar-refractivity contribution in [3.63, 3.8) is 0 Å². The summed E-state index contributed by atoms with van der Waals surface area (Å²) in [5.41, 5.74) is 1.32. The molecule has 4 nitrogen and oxygen atoms in total. The Morgan fingerprint density at radius 3 is 2.22 bits per heavy atom. The maximum atomic E-state index is 12.6. The van der Waals surface area contributed by atoms with Crippen LogP contribution in [-0.2, 0) is 6.18 Å². The summed E-state index contributed by atoms with van der Waals surface area (Å²) in [6, 6.07) is 5.00. The number of imidazole rings is 1. The van der Waals surface area contributed by atoms with E-state index in [2.05, 4.69) is 15.3 Å². The summed E-state index contributed by atoms with van der Waals surface area (Å²) in [5.74, 6) is 0.647. The molecule has 0 spiro atoms. The number of nitrogens with zero attached hydrogens (tertiary/aromatic N) is 3. The van der Waals surface area contributed by atoms with Gasteiger partial charge in [-0.2, -0.15) is 13.2 Å². The van der Waals surface area contributed by atoms with Crippen LogP contribution in [0.1, 0.15) is 19.4 Å². The van der Waals surface area contributed by atoms with Crippen LogP contribution in [0.25, 0.3) is 16.9 Å². The highest BCUT2D eigenvalue weighted by Crippen LogP contribution is 2.31. The van der Waals surface area contributed by atoms with E-state index in [1.807, 2.05) is 13.8 Å². The number of hydrogen-bond acceptors (Lipinski definition) is 3. The number of halogens is 3. The highest BCUT2D eigenvalue weighted by Gasteiger charge is 2.30. The lowest BCUT2D eigenvalue weighted by atomic mass is 10.1. The minimum absolute atomic E-state index is 0.629. The van der Waals surface area contributed by atoms with Gasteiger partial charge in [0.2, 0.25) is 0 Å². The summed E-state index contributed by atoms with van der Waals surface area (Å²) in [4.78, 5) is 8.33. The molecular formula is C16H17F3N4. The monoisotopic (exact) mass is 322 g/mol. The number of fused-ring (bicyclic) bond motifs is 1. The van der Waals surface area contributed by atoms with Crippen LogP contribution in [0.3, 0.4) is 0 Å². The second-order valence-corrected chi connectivity index (χ2v) is 4.47. The van der Waals surface area contributed by atoms with Crippen molar-refractivity contribution < 1.29 is 13.2 Å². The zero-order valence-corrected chi connectivity index (χ0v) is 13.0. The minimum atomic E-state index is -4.33. The molecule has 0 aliphatic heterocycles. The predicted molar refractivity (Wildman–Crippen MR) is 84.3 cm³/mol. The van der Waals surface area contributed by atoms with Gasteiger partial charge in [0.15, 0.2) is 5.65 Å². The van der Waals surface area contributed by atoms with Crippen LogP contribution in [0.5, 0.6) is 0 Å². The quantitative estimate of drug-likeness (QED) is 0.756. The Morgan fingerprint density at radius 2 is 1.65 bits per heavy atom. The Morgan fingerprint density at radius 1 is 1.00 bits per heavy atom. The zero-order chi connectivity index (χ0) is 17.0. The first kappa shape index (κ1) is 16.8. The molecule has 1 N–H and O–H groups in total. The fourth-order valence-corrected chi connectivity index (χ4v) is 2.06. The molecule has 0 bridgehead atoms. The summed E-state index contributed by atoms with van der Waals surface area (Å²) < 4.78 is 39.5. The van der Waals surface area contributed by atoms with Crippen molar-refractivity contribution in [1.82, 2.24) is 14.4 Å². The largest absolute Gasteiger partial charge is 0.416 e. The number of aromatic nitrogens is 3. The van der Waals surface area contributed by atoms with E-state index in [4.69, 9.17) is 0 Å². The summed E-state index contributed by atoms with van der Waals surface area (Å²) in [6.45, 7) is 4.00. The van der Waals surface area contributed by atoms with Crippen LogP contribution in [0.2, 0.25) is 0 Å². The third-order valence-corrected chi connectivity index (χ3v) is 3.16. The van der Waals surface area contributed by atoms with Gasteiger partial charge >= 0.3 is 6.18 Å². The van der Waals surface area contributed by atoms with E-state index in [-0.39, 0.29) is 0 Å². The molecule has 23 heavy (non-hydrogen) atoms. The van der Waals surface area contributed by atoms with Gasteiger partial charge < -0.3 is 5.32 Å². The van der Waals surface area contributed by atoms with Gasteiger partial charge in [-0.25, -0.2) is 9.97 Å². The van der Waals surface area contributed by atoms with Gasteiger partial charge in [-0.05, 0) is 12.1 Å². The van der Waals surface area contributed by atoms with Crippen LogP contribution in [0.4, 0.5) is 19.0 Å². The van der Waals surface area contributed by atoms with Crippen molar-refractivity contribution >= 4 is 11.5 Å². The van der Waals surface area contributed by atoms with Gasteiger partial charge in [0.05, 0.1) is 29.8 Å². The molecule has 2 heterocycles. The topological polar surface area (TPSA) is 42.2 Å². The molecule has 7 heteroatoms. The van der Waals surface area contributed by atoms with Gasteiger partial charge in [-0.1, -0.05) is 26.0 Å². The number of anilines is 1. The molecule has 0 saturated carbocycles. The molecule has 0 radical (unpaired) electrons. The van der Waals surface area contributed by atoms with Crippen molar-refractivity contribution in [2.45, 2.75) is 20.0 Å². The normalized spacial score (nSPS) is 11.0. The van der Waals surface area contributed by atoms with Crippen molar-refractivity contribution in [1.29, 1.82) is 0 Å². The molecule has 0 aliphatic carbocycles. The average molecular weight is 322 g/mol. The maximum Gasteiger partial charge on any atom is 0.416 e. The molecule has 0 aliphatic rings. The number of hydrogen-bond donors (Lipinski definition) is 1. The highest BCUT2D eigenvalue weighted by molar-refractivity contribution is 5.64. The number of rotatable bonds is 2. The molecule has 0 amide bonds. The molecule has 0 saturated heterocycles. The van der Waals surface area contributed by atoms with Gasteiger partial charge in [-0.3, -0.25) is 4.40 Å². The molecule has 122 valence electrons. The van der Waals surface area contributed by atoms with Gasteiger partial charge in [-0.15, -0.1) is 0 Å². The molecule has 1 aromatic carbocycles. The first-order chi connectivity index (χ1) is 11.0. The van der Waals surface area contributed by atoms with Gasteiger partial charge in [0.25, 0.3) is 0 Å². The lowest BCUT2D eigenvalue weighted by Gasteiger charge is -2.08. The summed E-state index contributed by atoms with van der Waals surface area (Å²) in [5, 5.41) is 2.91. The average Bonchev–Trinajstić information content (AvgIpc) is 2.99. The van der Waals surface area contributed by atoms with Crippen molar-refractivity contribution in [2.75, 3.05) is 12.4 Å². The number of nitrogens with one attached hydrogen (secondary N) is 1. The SMILES string of the molecule is CC.CNc1cn2c(-c3ccc(C(F)(F)F)cc3)cnc2cn1. The van der Waals surface area contributed by atoms with E-state index in [1.54, 1.807) is 30.0 Å². The summed E-state index contributed by atoms with van der Waals surface area (Å²) in [7, 11) is 1.74. The molecular weight excluding hydrogens is 305 g/mol. The zero-order valence-electron chi connectivity index (χ0n) is 13.0. The van der Waals surface area contributed by atoms with E-state index in [0.29, 0.717) is 22.7 Å². The lowest BCUT2D eigenvalue weighted by Crippen LogP contribution is -2.04. The van der Waals surface area contributed by atoms with Gasteiger partial charge in [0, 0.05) is 12.6 Å². The van der Waals surface area contributed by atoms with E-state index in [9.17, 15) is 13.2 Å². The Labute approximate surface area is 132 Å². The molecule has 3 aromatic rings. The number of benzene rings is 1. The highest BCUT2D eigenvalue weighted by atomic mass is 19.4. The van der Waals surface area contributed by atoms with Crippen molar-refractivity contribution in [2.24, 2.45) is 0 Å². The molecule has 0 unspecified atom stereocenters. The van der Waals surface area contributed by atoms with E-state index in [1.165, 1.54) is 12.1 Å². The molecule has 2 aromatic heterocycles. The Hall–Kier alpha value is -2.57. The summed E-state index contributed by atoms with van der Waals surface area (Å²) >= 11 is 0. The van der Waals surface area contributed by atoms with Crippen LogP contribution in [0, 0.1) is 0 Å². The first-order valence-corrected chi connectivity index (χ1v) is 7.17. The third-order valence-electron chi connectivity index (χ3n) is 3.16. The van der Waals surface area contributed by atoms with Crippen molar-refractivity contribution in [3.8, 4) is 11.3 Å². The smallest absolute Gasteiger partial charge is 0.372 e. The van der Waals surface area contributed by atoms with Crippen LogP contribution in [-0.4, -0.2) is 21.4 Å². The second kappa shape index (κ2) is 6.68. The molecule has 3 rings (SSSR count). The maximum absolute atomic E-state index is 12.6. The number of alkyl halides is 3. The fourth-order valence-electron chi connectivity index (χ4n) is 2.06. The molecule has 0 fully saturated rings. The Kier molecular flexibility index (Phi) is 4.88. The Bertz CT molecular complexity index is 776. The fraction of sp³-hybridized carbons (Fsp3) is 0.250. The van der Waals surface area contributed by atoms with E-state index >= 15 is 0 Å². The van der Waals surface area contributed by atoms with Crippen LogP contribution in [0.15, 0.2) is 42.9 Å². The molecule has 0 atom stereocenters. The van der Waals surface area contributed by atoms with Crippen LogP contribution >= 0.6 is 0 Å². The third kappa shape index (κ3) is 3.44. The summed E-state index contributed by atoms with van der Waals surface area (Å²) in [6.07, 6.45) is 0.620. The van der Waals surface area contributed by atoms with Crippen LogP contribution < -0.4 is 5.32 Å². The lowest BCUT2D eigenvalue weighted by molar-refractivity contribution is -0.137. The van der Waals surface area contributed by atoms with E-state index in [0.717, 1.165) is 12.1 Å². The van der Waals surface area contributed by atoms with E-state index < -0.39 is 11.7 Å².